The first kappa shape index (κ1) is 31.2. The van der Waals surface area contributed by atoms with Crippen molar-refractivity contribution in [2.75, 3.05) is 29.9 Å². The molecule has 240 valence electrons. The average molecular weight is 619 g/mol. The van der Waals surface area contributed by atoms with Crippen LogP contribution in [0.25, 0.3) is 0 Å². The van der Waals surface area contributed by atoms with Crippen LogP contribution < -0.4 is 10.2 Å². The number of imidazole rings is 1. The van der Waals surface area contributed by atoms with E-state index in [2.05, 4.69) is 21.7 Å². The van der Waals surface area contributed by atoms with Crippen LogP contribution in [0.1, 0.15) is 76.1 Å². The van der Waals surface area contributed by atoms with Crippen LogP contribution in [0.5, 0.6) is 0 Å². The van der Waals surface area contributed by atoms with Crippen LogP contribution >= 0.6 is 0 Å². The number of rotatable bonds is 7. The quantitative estimate of drug-likeness (QED) is 0.320. The van der Waals surface area contributed by atoms with Crippen molar-refractivity contribution in [2.24, 2.45) is 5.41 Å². The van der Waals surface area contributed by atoms with Gasteiger partial charge in [-0.15, -0.1) is 0 Å². The lowest BCUT2D eigenvalue weighted by Gasteiger charge is -2.41. The van der Waals surface area contributed by atoms with Gasteiger partial charge in [0.05, 0.1) is 12.2 Å². The molecular weight excluding hydrogens is 574 g/mol. The maximum absolute atomic E-state index is 13.7. The normalized spacial score (nSPS) is 21.5. The zero-order chi connectivity index (χ0) is 31.9. The minimum Gasteiger partial charge on any atom is -0.336 e. The van der Waals surface area contributed by atoms with Crippen LogP contribution in [0.4, 0.5) is 25.0 Å². The number of hydrogen-bond acceptors (Lipinski definition) is 4. The Hall–Kier alpha value is -3.79. The third kappa shape index (κ3) is 6.61. The molecular formula is C35H44F2N6O2. The Balaban J connectivity index is 1.10. The molecule has 0 radical (unpaired) electrons. The van der Waals surface area contributed by atoms with Crippen LogP contribution in [0, 0.1) is 24.0 Å². The lowest BCUT2D eigenvalue weighted by Crippen LogP contribution is -2.46. The highest BCUT2D eigenvalue weighted by molar-refractivity contribution is 6.01. The fraction of sp³-hybridized carbons (Fsp3) is 0.514. The molecule has 8 nitrogen and oxygen atoms in total. The molecule has 45 heavy (non-hydrogen) atoms. The maximum Gasteiger partial charge on any atom is 0.326 e. The second kappa shape index (κ2) is 12.5. The number of urea groups is 1. The highest BCUT2D eigenvalue weighted by Gasteiger charge is 2.42. The molecule has 10 heteroatoms. The minimum atomic E-state index is -0.399. The second-order valence-electron chi connectivity index (χ2n) is 13.8. The molecule has 2 bridgehead atoms. The van der Waals surface area contributed by atoms with Gasteiger partial charge in [0.1, 0.15) is 17.5 Å². The lowest BCUT2D eigenvalue weighted by atomic mass is 9.93. The Morgan fingerprint density at radius 3 is 2.20 bits per heavy atom. The Morgan fingerprint density at radius 2 is 1.58 bits per heavy atom. The molecule has 1 unspecified atom stereocenters. The minimum absolute atomic E-state index is 0.178. The molecule has 4 heterocycles. The van der Waals surface area contributed by atoms with Gasteiger partial charge in [-0.2, -0.15) is 0 Å². The zero-order valence-electron chi connectivity index (χ0n) is 26.7. The van der Waals surface area contributed by atoms with Crippen molar-refractivity contribution in [3.8, 4) is 0 Å². The summed E-state index contributed by atoms with van der Waals surface area (Å²) in [6.07, 6.45) is 6.07. The summed E-state index contributed by atoms with van der Waals surface area (Å²) in [6, 6.07) is 12.6. The molecule has 1 N–H and O–H groups in total. The number of fused-ring (bicyclic) bond motifs is 3. The van der Waals surface area contributed by atoms with E-state index >= 15 is 0 Å². The van der Waals surface area contributed by atoms with E-state index in [-0.39, 0.29) is 23.6 Å². The Kier molecular flexibility index (Phi) is 8.70. The maximum atomic E-state index is 13.7. The van der Waals surface area contributed by atoms with Gasteiger partial charge >= 0.3 is 6.03 Å². The number of nitrogens with one attached hydrogen (secondary N) is 1. The van der Waals surface area contributed by atoms with Crippen molar-refractivity contribution >= 4 is 23.3 Å². The van der Waals surface area contributed by atoms with Gasteiger partial charge in [0.25, 0.3) is 0 Å². The number of anilines is 2. The number of piperidine rings is 1. The topological polar surface area (TPSA) is 73.7 Å². The van der Waals surface area contributed by atoms with Gasteiger partial charge in [0, 0.05) is 66.7 Å². The van der Waals surface area contributed by atoms with Gasteiger partial charge in [-0.25, -0.2) is 18.6 Å². The molecule has 2 fully saturated rings. The number of hydrogen-bond donors (Lipinski definition) is 1. The first-order valence-corrected chi connectivity index (χ1v) is 16.2. The van der Waals surface area contributed by atoms with Gasteiger partial charge in [-0.3, -0.25) is 14.6 Å². The van der Waals surface area contributed by atoms with Crippen molar-refractivity contribution in [1.29, 1.82) is 0 Å². The van der Waals surface area contributed by atoms with Crippen LogP contribution in [0.3, 0.4) is 0 Å². The van der Waals surface area contributed by atoms with E-state index < -0.39 is 5.41 Å². The molecule has 2 saturated heterocycles. The van der Waals surface area contributed by atoms with Gasteiger partial charge < -0.3 is 14.8 Å². The number of benzene rings is 2. The third-order valence-corrected chi connectivity index (χ3v) is 9.66. The highest BCUT2D eigenvalue weighted by atomic mass is 19.1. The summed E-state index contributed by atoms with van der Waals surface area (Å²) in [5, 5.41) is 2.85. The van der Waals surface area contributed by atoms with Crippen LogP contribution in [-0.2, 0) is 17.8 Å². The molecule has 3 aliphatic heterocycles. The highest BCUT2D eigenvalue weighted by Crippen LogP contribution is 2.42. The molecule has 3 aliphatic rings. The number of aromatic nitrogens is 2. The van der Waals surface area contributed by atoms with E-state index in [4.69, 9.17) is 4.98 Å². The lowest BCUT2D eigenvalue weighted by molar-refractivity contribution is -0.140. The van der Waals surface area contributed by atoms with E-state index in [1.165, 1.54) is 42.1 Å². The van der Waals surface area contributed by atoms with Crippen LogP contribution in [0.2, 0.25) is 0 Å². The number of nitrogens with zero attached hydrogens (tertiary/aromatic N) is 5. The van der Waals surface area contributed by atoms with E-state index in [0.29, 0.717) is 42.6 Å². The van der Waals surface area contributed by atoms with E-state index in [1.54, 1.807) is 17.0 Å². The van der Waals surface area contributed by atoms with E-state index in [0.717, 1.165) is 63.1 Å². The monoisotopic (exact) mass is 618 g/mol. The summed E-state index contributed by atoms with van der Waals surface area (Å²) in [5.74, 6) is 0.494. The molecule has 2 aromatic carbocycles. The number of carbonyl (C=O) groups excluding carboxylic acids is 2. The molecule has 3 aromatic rings. The molecule has 3 atom stereocenters. The molecule has 1 aromatic heterocycles. The molecule has 0 aliphatic carbocycles. The van der Waals surface area contributed by atoms with E-state index in [1.807, 2.05) is 25.7 Å². The molecule has 0 spiro atoms. The number of halogens is 2. The second-order valence-corrected chi connectivity index (χ2v) is 13.8. The van der Waals surface area contributed by atoms with Crippen LogP contribution in [0.15, 0.2) is 48.5 Å². The summed E-state index contributed by atoms with van der Waals surface area (Å²) < 4.78 is 29.6. The Bertz CT molecular complexity index is 1520. The number of aryl methyl sites for hydroxylation is 1. The van der Waals surface area contributed by atoms with Crippen LogP contribution in [-0.4, -0.2) is 63.0 Å². The Labute approximate surface area is 264 Å². The van der Waals surface area contributed by atoms with E-state index in [9.17, 15) is 18.4 Å². The first-order valence-electron chi connectivity index (χ1n) is 16.2. The average Bonchev–Trinajstić information content (AvgIpc) is 3.45. The third-order valence-electron chi connectivity index (χ3n) is 9.66. The smallest absolute Gasteiger partial charge is 0.326 e. The van der Waals surface area contributed by atoms with Crippen molar-refractivity contribution in [2.45, 2.75) is 90.9 Å². The zero-order valence-corrected chi connectivity index (χ0v) is 26.7. The van der Waals surface area contributed by atoms with Gasteiger partial charge in [-0.05, 0) is 87.6 Å². The predicted octanol–water partition coefficient (Wildman–Crippen LogP) is 6.70. The summed E-state index contributed by atoms with van der Waals surface area (Å²) in [6.45, 7) is 10.7. The first-order chi connectivity index (χ1) is 21.5. The standard InChI is InChI=1S/C35H44F2N6O2/c1-23-38-31-22-40(33(44)35(2,3)4)19-16-32(31)43(23)30-20-28-14-15-29(21-30)41(28)17-5-18-42(27-12-8-25(37)9-13-27)34(45)39-26-10-6-24(36)7-11-26/h6-13,28-30H,5,14-22H2,1-4H3,(H,39,45)/t28-,29+,30?. The molecule has 3 amide bonds. The van der Waals surface area contributed by atoms with Crippen molar-refractivity contribution in [1.82, 2.24) is 19.4 Å². The van der Waals surface area contributed by atoms with Crippen molar-refractivity contribution in [3.05, 3.63) is 77.4 Å². The van der Waals surface area contributed by atoms with Gasteiger partial charge in [0.15, 0.2) is 0 Å². The summed E-state index contributed by atoms with van der Waals surface area (Å²) in [4.78, 5) is 37.4. The number of amides is 3. The van der Waals surface area contributed by atoms with Crippen molar-refractivity contribution < 1.29 is 18.4 Å². The Morgan fingerprint density at radius 1 is 0.956 bits per heavy atom. The predicted molar refractivity (Wildman–Crippen MR) is 171 cm³/mol. The molecule has 0 saturated carbocycles. The van der Waals surface area contributed by atoms with Gasteiger partial charge in [-0.1, -0.05) is 20.8 Å². The van der Waals surface area contributed by atoms with Crippen molar-refractivity contribution in [3.63, 3.8) is 0 Å². The summed E-state index contributed by atoms with van der Waals surface area (Å²) in [5.41, 5.74) is 3.06. The summed E-state index contributed by atoms with van der Waals surface area (Å²) in [7, 11) is 0. The number of carbonyl (C=O) groups is 2. The fourth-order valence-corrected chi connectivity index (χ4v) is 7.60. The fourth-order valence-electron chi connectivity index (χ4n) is 7.60. The summed E-state index contributed by atoms with van der Waals surface area (Å²) >= 11 is 0. The largest absolute Gasteiger partial charge is 0.336 e. The molecule has 6 rings (SSSR count). The van der Waals surface area contributed by atoms with Gasteiger partial charge in [0.2, 0.25) is 5.91 Å². The SMILES string of the molecule is Cc1nc2c(n1C1C[C@H]3CC[C@@H](C1)N3CCCN(C(=O)Nc1ccc(F)cc1)c1ccc(F)cc1)CCN(C(=O)C(C)(C)C)C2.